The van der Waals surface area contributed by atoms with Crippen molar-refractivity contribution in [1.82, 2.24) is 29.9 Å². The zero-order chi connectivity index (χ0) is 67.0. The fraction of sp³-hybridized carbons (Fsp3) is 0.0795. The van der Waals surface area contributed by atoms with E-state index in [2.05, 4.69) is 171 Å². The first-order valence-electron chi connectivity index (χ1n) is 33.1. The lowest BCUT2D eigenvalue weighted by atomic mass is 9.84. The quantitative estimate of drug-likeness (QED) is 0.110. The van der Waals surface area contributed by atoms with Gasteiger partial charge in [0.25, 0.3) is 0 Å². The second kappa shape index (κ2) is 26.2. The highest BCUT2D eigenvalue weighted by Gasteiger charge is 2.38. The second-order valence-electron chi connectivity index (χ2n) is 25.8. The van der Waals surface area contributed by atoms with Gasteiger partial charge in [0, 0.05) is 78.1 Å². The van der Waals surface area contributed by atoms with E-state index in [4.69, 9.17) is 34.9 Å². The molecule has 1 unspecified atom stereocenters. The molecule has 12 aromatic carbocycles. The van der Waals surface area contributed by atoms with E-state index in [1.54, 1.807) is 11.8 Å². The molecular formula is C88H62N10S. The van der Waals surface area contributed by atoms with Crippen molar-refractivity contribution in [1.29, 1.82) is 10.5 Å². The number of para-hydroxylation sites is 2. The van der Waals surface area contributed by atoms with E-state index in [-0.39, 0.29) is 5.41 Å². The fourth-order valence-electron chi connectivity index (χ4n) is 13.6. The summed E-state index contributed by atoms with van der Waals surface area (Å²) in [4.78, 5) is 39.3. The Bertz CT molecular complexity index is 5450. The number of thioether (sulfide) groups is 1. The van der Waals surface area contributed by atoms with Crippen LogP contribution in [0.15, 0.2) is 301 Å². The van der Waals surface area contributed by atoms with Crippen molar-refractivity contribution < 1.29 is 0 Å². The number of anilines is 2. The Morgan fingerprint density at radius 2 is 0.808 bits per heavy atom. The highest BCUT2D eigenvalue weighted by molar-refractivity contribution is 8.00. The maximum absolute atomic E-state index is 11.6. The zero-order valence-corrected chi connectivity index (χ0v) is 55.4. The number of benzene rings is 12. The topological polar surface area (TPSA) is 141 Å². The van der Waals surface area contributed by atoms with Crippen LogP contribution in [-0.4, -0.2) is 47.4 Å². The first-order valence-corrected chi connectivity index (χ1v) is 34.1. The van der Waals surface area contributed by atoms with Gasteiger partial charge >= 0.3 is 0 Å². The summed E-state index contributed by atoms with van der Waals surface area (Å²) in [5, 5.41) is 22.3. The molecule has 0 amide bonds. The van der Waals surface area contributed by atoms with Gasteiger partial charge in [-0.1, -0.05) is 269 Å². The molecule has 0 aliphatic carbocycles. The first-order chi connectivity index (χ1) is 48.6. The number of nitriles is 2. The number of hydrogen-bond donors (Lipinski definition) is 0. The third-order valence-electron chi connectivity index (χ3n) is 18.6. The van der Waals surface area contributed by atoms with Crippen molar-refractivity contribution in [3.8, 4) is 136 Å². The Morgan fingerprint density at radius 1 is 0.374 bits per heavy atom. The van der Waals surface area contributed by atoms with Gasteiger partial charge < -0.3 is 4.90 Å². The number of nitrogens with zero attached hydrogens (tertiary/aromatic N) is 10. The Kier molecular flexibility index (Phi) is 16.3. The van der Waals surface area contributed by atoms with Crippen LogP contribution in [-0.2, 0) is 6.42 Å². The van der Waals surface area contributed by atoms with Crippen molar-refractivity contribution in [3.63, 3.8) is 0 Å². The van der Waals surface area contributed by atoms with E-state index >= 15 is 0 Å². The van der Waals surface area contributed by atoms with E-state index in [1.807, 2.05) is 158 Å². The van der Waals surface area contributed by atoms with Gasteiger partial charge in [-0.3, -0.25) is 4.99 Å². The third-order valence-corrected chi connectivity index (χ3v) is 19.7. The number of aromatic nitrogens is 6. The highest BCUT2D eigenvalue weighted by Crippen LogP contribution is 2.47. The van der Waals surface area contributed by atoms with Crippen molar-refractivity contribution in [3.05, 3.63) is 313 Å². The van der Waals surface area contributed by atoms with Crippen LogP contribution in [0.25, 0.3) is 124 Å². The van der Waals surface area contributed by atoms with E-state index in [0.29, 0.717) is 52.1 Å². The van der Waals surface area contributed by atoms with Gasteiger partial charge in [0.1, 0.15) is 6.07 Å². The molecule has 2 aromatic heterocycles. The van der Waals surface area contributed by atoms with E-state index < -0.39 is 0 Å². The lowest BCUT2D eigenvalue weighted by Gasteiger charge is -2.37. The van der Waals surface area contributed by atoms with Gasteiger partial charge in [-0.25, -0.2) is 29.9 Å². The molecule has 0 bridgehead atoms. The summed E-state index contributed by atoms with van der Waals surface area (Å²) in [7, 11) is 0. The lowest BCUT2D eigenvalue weighted by Crippen LogP contribution is -2.38. The van der Waals surface area contributed by atoms with Crippen LogP contribution in [0.1, 0.15) is 43.0 Å². The van der Waals surface area contributed by atoms with Crippen LogP contribution < -0.4 is 4.90 Å². The molecule has 0 radical (unpaired) electrons. The van der Waals surface area contributed by atoms with Crippen LogP contribution in [0, 0.1) is 28.1 Å². The Balaban J connectivity index is 0.755. The van der Waals surface area contributed by atoms with Gasteiger partial charge in [0.15, 0.2) is 34.9 Å². The van der Waals surface area contributed by atoms with Crippen LogP contribution in [0.4, 0.5) is 17.1 Å². The summed E-state index contributed by atoms with van der Waals surface area (Å²) in [6.07, 6.45) is 0.990. The summed E-state index contributed by atoms with van der Waals surface area (Å²) in [5.74, 6) is 3.90. The van der Waals surface area contributed by atoms with Gasteiger partial charge in [0.05, 0.1) is 28.6 Å². The number of fused-ring (bicyclic) bond motifs is 2. The molecular weight excluding hydrogens is 1230 g/mol. The Labute approximate surface area is 580 Å². The molecule has 0 saturated carbocycles. The average molecular weight is 1290 g/mol. The maximum Gasteiger partial charge on any atom is 0.164 e. The van der Waals surface area contributed by atoms with Gasteiger partial charge in [-0.2, -0.15) is 10.5 Å². The third kappa shape index (κ3) is 12.1. The standard InChI is InChI=1S/C88H62N10S/c1-88(2,3)79-52-66-25-13-15-31-77(66)98(79)70-47-45-58(46-48-70)72-29-18-28-69(53-89)80(72)60-39-43-65(44-40-60)86-94-82(61-19-7-4-8-20-61)93-85(95-86)64-41-35-56(36-42-64)71-49-50-73(57-33-37-59(38-34-57)76-55-99-78-32-16-14-30-75(78)91-76)81(74(71)54-90)67-26-17-27-68(51-67)87-96-83(62-21-9-5-10-22-62)92-84(97-87)63-23-11-6-12-24-63/h4-51,79H,52,55H2,1-3H3. The minimum absolute atomic E-state index is 0.0522. The molecule has 11 heteroatoms. The summed E-state index contributed by atoms with van der Waals surface area (Å²) < 4.78 is 0. The average Bonchev–Trinajstić information content (AvgIpc) is 1.76. The smallest absolute Gasteiger partial charge is 0.164 e. The minimum Gasteiger partial charge on any atom is -0.337 e. The van der Waals surface area contributed by atoms with Crippen LogP contribution in [0.2, 0.25) is 0 Å². The lowest BCUT2D eigenvalue weighted by molar-refractivity contribution is 0.326. The van der Waals surface area contributed by atoms with Crippen molar-refractivity contribution in [2.75, 3.05) is 10.7 Å². The number of hydrogen-bond acceptors (Lipinski definition) is 11. The minimum atomic E-state index is 0.0522. The summed E-state index contributed by atoms with van der Waals surface area (Å²) in [6, 6.07) is 104. The monoisotopic (exact) mass is 1290 g/mol. The van der Waals surface area contributed by atoms with E-state index in [9.17, 15) is 10.5 Å². The summed E-state index contributed by atoms with van der Waals surface area (Å²) >= 11 is 1.80. The SMILES string of the molecule is CC(C)(C)C1Cc2ccccc2N1c1ccc(-c2cccc(C#N)c2-c2ccc(-c3nc(-c4ccccc4)nc(-c4ccc(-c5ccc(-c6ccc(C7=Nc8ccccc8SC7)cc6)c(-c6cccc(-c7nc(-c8ccccc8)nc(-c8ccccc8)n7)c6)c5C#N)cc4)n3)cc2)cc1. The van der Waals surface area contributed by atoms with Crippen LogP contribution >= 0.6 is 11.8 Å². The maximum atomic E-state index is 11.6. The fourth-order valence-corrected chi connectivity index (χ4v) is 14.5. The van der Waals surface area contributed by atoms with Crippen molar-refractivity contribution in [2.24, 2.45) is 10.4 Å². The normalized spacial score (nSPS) is 13.2. The summed E-state index contributed by atoms with van der Waals surface area (Å²) in [6.45, 7) is 6.95. The molecule has 470 valence electrons. The molecule has 10 nitrogen and oxygen atoms in total. The molecule has 0 fully saturated rings. The largest absolute Gasteiger partial charge is 0.337 e. The molecule has 4 heterocycles. The number of rotatable bonds is 13. The van der Waals surface area contributed by atoms with Crippen molar-refractivity contribution in [2.45, 2.75) is 38.1 Å². The molecule has 2 aliphatic rings. The second-order valence-corrected chi connectivity index (χ2v) is 26.8. The molecule has 0 spiro atoms. The van der Waals surface area contributed by atoms with Gasteiger partial charge in [0.2, 0.25) is 0 Å². The van der Waals surface area contributed by atoms with E-state index in [0.717, 1.165) is 124 Å². The molecule has 16 rings (SSSR count). The molecule has 0 saturated heterocycles. The molecule has 2 aliphatic heterocycles. The van der Waals surface area contributed by atoms with Crippen LogP contribution in [0.5, 0.6) is 0 Å². The van der Waals surface area contributed by atoms with Crippen LogP contribution in [0.3, 0.4) is 0 Å². The number of aliphatic imine (C=N–C) groups is 1. The first kappa shape index (κ1) is 61.3. The van der Waals surface area contributed by atoms with Gasteiger partial charge in [-0.05, 0) is 104 Å². The molecule has 1 atom stereocenters. The predicted molar refractivity (Wildman–Crippen MR) is 401 cm³/mol. The molecule has 14 aromatic rings. The summed E-state index contributed by atoms with van der Waals surface area (Å²) in [5.41, 5.74) is 21.7. The Hall–Kier alpha value is -12.5. The molecule has 0 N–H and O–H groups in total. The van der Waals surface area contributed by atoms with E-state index in [1.165, 1.54) is 16.1 Å². The predicted octanol–water partition coefficient (Wildman–Crippen LogP) is 21.5. The van der Waals surface area contributed by atoms with Gasteiger partial charge in [-0.15, -0.1) is 11.8 Å². The Morgan fingerprint density at radius 3 is 1.37 bits per heavy atom. The van der Waals surface area contributed by atoms with Crippen molar-refractivity contribution >= 4 is 34.5 Å². The molecule has 99 heavy (non-hydrogen) atoms. The zero-order valence-electron chi connectivity index (χ0n) is 54.6. The highest BCUT2D eigenvalue weighted by atomic mass is 32.2.